The number of benzene rings is 1. The molecule has 0 aromatic heterocycles. The third kappa shape index (κ3) is 4.45. The molecular formula is C14H21BrClNO. The Morgan fingerprint density at radius 3 is 2.94 bits per heavy atom. The summed E-state index contributed by atoms with van der Waals surface area (Å²) >= 11 is 3.52. The first-order chi connectivity index (χ1) is 8.29. The van der Waals surface area contributed by atoms with Crippen molar-refractivity contribution in [1.82, 2.24) is 5.32 Å². The molecule has 1 unspecified atom stereocenters. The van der Waals surface area contributed by atoms with Crippen LogP contribution in [0, 0.1) is 5.92 Å². The standard InChI is InChI=1S/C14H20BrNO.ClH/c1-2-3-12-8-13(15)4-5-14(12)17-10-11-6-7-16-9-11;/h4-5,8,11,16H,2-3,6-7,9-10H2,1H3;1H. The van der Waals surface area contributed by atoms with Gasteiger partial charge in [0.25, 0.3) is 0 Å². The summed E-state index contributed by atoms with van der Waals surface area (Å²) in [4.78, 5) is 0. The molecule has 2 rings (SSSR count). The number of halogens is 2. The van der Waals surface area contributed by atoms with Crippen molar-refractivity contribution in [2.24, 2.45) is 5.92 Å². The number of aryl methyl sites for hydroxylation is 1. The predicted octanol–water partition coefficient (Wildman–Crippen LogP) is 3.81. The molecule has 1 aliphatic heterocycles. The third-order valence-electron chi connectivity index (χ3n) is 3.18. The zero-order valence-corrected chi connectivity index (χ0v) is 13.1. The summed E-state index contributed by atoms with van der Waals surface area (Å²) in [5, 5.41) is 3.37. The van der Waals surface area contributed by atoms with Gasteiger partial charge in [0.05, 0.1) is 6.61 Å². The van der Waals surface area contributed by atoms with Crippen LogP contribution in [0.5, 0.6) is 5.75 Å². The molecule has 0 saturated carbocycles. The van der Waals surface area contributed by atoms with Crippen LogP contribution in [0.15, 0.2) is 22.7 Å². The third-order valence-corrected chi connectivity index (χ3v) is 3.67. The Labute approximate surface area is 124 Å². The van der Waals surface area contributed by atoms with Crippen molar-refractivity contribution < 1.29 is 4.74 Å². The summed E-state index contributed by atoms with van der Waals surface area (Å²) in [7, 11) is 0. The highest BCUT2D eigenvalue weighted by atomic mass is 79.9. The molecule has 1 heterocycles. The smallest absolute Gasteiger partial charge is 0.122 e. The Hall–Kier alpha value is -0.250. The second-order valence-corrected chi connectivity index (χ2v) is 5.59. The average molecular weight is 335 g/mol. The fraction of sp³-hybridized carbons (Fsp3) is 0.571. The highest BCUT2D eigenvalue weighted by molar-refractivity contribution is 9.10. The summed E-state index contributed by atoms with van der Waals surface area (Å²) in [6, 6.07) is 6.31. The van der Waals surface area contributed by atoms with Crippen LogP contribution >= 0.6 is 28.3 Å². The van der Waals surface area contributed by atoms with E-state index in [2.05, 4.69) is 46.4 Å². The molecule has 1 aliphatic rings. The Bertz CT molecular complexity index is 367. The van der Waals surface area contributed by atoms with Gasteiger partial charge in [-0.05, 0) is 43.1 Å². The number of ether oxygens (including phenoxy) is 1. The van der Waals surface area contributed by atoms with Crippen LogP contribution in [0.4, 0.5) is 0 Å². The second-order valence-electron chi connectivity index (χ2n) is 4.67. The highest BCUT2D eigenvalue weighted by Crippen LogP contribution is 2.25. The maximum Gasteiger partial charge on any atom is 0.122 e. The average Bonchev–Trinajstić information content (AvgIpc) is 2.81. The molecule has 1 aromatic carbocycles. The second kappa shape index (κ2) is 8.03. The Morgan fingerprint density at radius 2 is 2.28 bits per heavy atom. The molecule has 1 atom stereocenters. The van der Waals surface area contributed by atoms with E-state index >= 15 is 0 Å². The van der Waals surface area contributed by atoms with E-state index in [9.17, 15) is 0 Å². The van der Waals surface area contributed by atoms with E-state index in [0.29, 0.717) is 5.92 Å². The molecule has 1 N–H and O–H groups in total. The van der Waals surface area contributed by atoms with Gasteiger partial charge in [-0.15, -0.1) is 12.4 Å². The number of hydrogen-bond donors (Lipinski definition) is 1. The predicted molar refractivity (Wildman–Crippen MR) is 81.9 cm³/mol. The summed E-state index contributed by atoms with van der Waals surface area (Å²) in [6.45, 7) is 5.27. The highest BCUT2D eigenvalue weighted by Gasteiger charge is 2.15. The van der Waals surface area contributed by atoms with Gasteiger partial charge in [0.1, 0.15) is 5.75 Å². The largest absolute Gasteiger partial charge is 0.493 e. The first-order valence-corrected chi connectivity index (χ1v) is 7.21. The quantitative estimate of drug-likeness (QED) is 0.884. The lowest BCUT2D eigenvalue weighted by Gasteiger charge is -2.14. The Morgan fingerprint density at radius 1 is 1.44 bits per heavy atom. The number of hydrogen-bond acceptors (Lipinski definition) is 2. The van der Waals surface area contributed by atoms with Gasteiger partial charge in [0.15, 0.2) is 0 Å². The molecule has 1 fully saturated rings. The van der Waals surface area contributed by atoms with Gasteiger partial charge >= 0.3 is 0 Å². The van der Waals surface area contributed by atoms with Gasteiger partial charge in [-0.2, -0.15) is 0 Å². The van der Waals surface area contributed by atoms with Crippen molar-refractivity contribution in [3.63, 3.8) is 0 Å². The van der Waals surface area contributed by atoms with Crippen LogP contribution in [0.3, 0.4) is 0 Å². The van der Waals surface area contributed by atoms with Crippen molar-refractivity contribution in [2.75, 3.05) is 19.7 Å². The van der Waals surface area contributed by atoms with Crippen LogP contribution in [-0.2, 0) is 6.42 Å². The first-order valence-electron chi connectivity index (χ1n) is 6.41. The molecule has 0 amide bonds. The topological polar surface area (TPSA) is 21.3 Å². The summed E-state index contributed by atoms with van der Waals surface area (Å²) in [6.07, 6.45) is 3.47. The van der Waals surface area contributed by atoms with Crippen LogP contribution in [0.1, 0.15) is 25.3 Å². The molecule has 0 bridgehead atoms. The number of nitrogens with one attached hydrogen (secondary N) is 1. The normalized spacial score (nSPS) is 18.4. The van der Waals surface area contributed by atoms with E-state index in [4.69, 9.17) is 4.74 Å². The summed E-state index contributed by atoms with van der Waals surface area (Å²) < 4.78 is 7.10. The molecular weight excluding hydrogens is 314 g/mol. The molecule has 4 heteroatoms. The molecule has 0 spiro atoms. The molecule has 1 saturated heterocycles. The lowest BCUT2D eigenvalue weighted by atomic mass is 10.1. The molecule has 1 aromatic rings. The van der Waals surface area contributed by atoms with Gasteiger partial charge < -0.3 is 10.1 Å². The lowest BCUT2D eigenvalue weighted by molar-refractivity contribution is 0.257. The molecule has 2 nitrogen and oxygen atoms in total. The minimum absolute atomic E-state index is 0. The zero-order valence-electron chi connectivity index (χ0n) is 10.7. The minimum atomic E-state index is 0. The Balaban J connectivity index is 0.00000162. The Kier molecular flexibility index (Phi) is 7.05. The van der Waals surface area contributed by atoms with Crippen LogP contribution in [0.25, 0.3) is 0 Å². The molecule has 0 aliphatic carbocycles. The summed E-state index contributed by atoms with van der Waals surface area (Å²) in [5.74, 6) is 1.73. The maximum atomic E-state index is 5.97. The van der Waals surface area contributed by atoms with Crippen molar-refractivity contribution in [2.45, 2.75) is 26.2 Å². The van der Waals surface area contributed by atoms with Crippen LogP contribution < -0.4 is 10.1 Å². The fourth-order valence-corrected chi connectivity index (χ4v) is 2.63. The maximum absolute atomic E-state index is 5.97. The first kappa shape index (κ1) is 15.8. The molecule has 18 heavy (non-hydrogen) atoms. The van der Waals surface area contributed by atoms with Crippen LogP contribution in [-0.4, -0.2) is 19.7 Å². The molecule has 102 valence electrons. The van der Waals surface area contributed by atoms with Gasteiger partial charge in [-0.3, -0.25) is 0 Å². The number of rotatable bonds is 5. The van der Waals surface area contributed by atoms with E-state index in [1.807, 2.05) is 0 Å². The minimum Gasteiger partial charge on any atom is -0.493 e. The van der Waals surface area contributed by atoms with Crippen molar-refractivity contribution >= 4 is 28.3 Å². The van der Waals surface area contributed by atoms with Gasteiger partial charge in [-0.1, -0.05) is 29.3 Å². The lowest BCUT2D eigenvalue weighted by Crippen LogP contribution is -2.16. The van der Waals surface area contributed by atoms with Crippen molar-refractivity contribution in [1.29, 1.82) is 0 Å². The molecule has 0 radical (unpaired) electrons. The SMILES string of the molecule is CCCc1cc(Br)ccc1OCC1CCNC1.Cl. The summed E-state index contributed by atoms with van der Waals surface area (Å²) in [5.41, 5.74) is 1.31. The van der Waals surface area contributed by atoms with E-state index < -0.39 is 0 Å². The van der Waals surface area contributed by atoms with E-state index in [1.165, 1.54) is 12.0 Å². The van der Waals surface area contributed by atoms with Crippen molar-refractivity contribution in [3.8, 4) is 5.75 Å². The van der Waals surface area contributed by atoms with E-state index in [0.717, 1.165) is 42.8 Å². The zero-order chi connectivity index (χ0) is 12.1. The van der Waals surface area contributed by atoms with E-state index in [1.54, 1.807) is 0 Å². The van der Waals surface area contributed by atoms with E-state index in [-0.39, 0.29) is 12.4 Å². The van der Waals surface area contributed by atoms with Crippen molar-refractivity contribution in [3.05, 3.63) is 28.2 Å². The van der Waals surface area contributed by atoms with Gasteiger partial charge in [0, 0.05) is 16.9 Å². The van der Waals surface area contributed by atoms with Crippen LogP contribution in [0.2, 0.25) is 0 Å². The monoisotopic (exact) mass is 333 g/mol. The fourth-order valence-electron chi connectivity index (χ4n) is 2.22. The van der Waals surface area contributed by atoms with Gasteiger partial charge in [-0.25, -0.2) is 0 Å². The van der Waals surface area contributed by atoms with Gasteiger partial charge in [0.2, 0.25) is 0 Å².